The predicted octanol–water partition coefficient (Wildman–Crippen LogP) is 3.53. The fourth-order valence-electron chi connectivity index (χ4n) is 1.66. The Morgan fingerprint density at radius 1 is 1.16 bits per heavy atom. The zero-order valence-corrected chi connectivity index (χ0v) is 10.5. The Kier molecular flexibility index (Phi) is 3.94. The molecule has 0 aliphatic carbocycles. The SMILES string of the molecule is CC(C#N)c1cccc(OC(=O)c2ccccc2)c1. The van der Waals surface area contributed by atoms with Crippen molar-refractivity contribution in [3.8, 4) is 11.8 Å². The minimum absolute atomic E-state index is 0.227. The van der Waals surface area contributed by atoms with E-state index >= 15 is 0 Å². The van der Waals surface area contributed by atoms with Gasteiger partial charge >= 0.3 is 5.97 Å². The van der Waals surface area contributed by atoms with E-state index in [9.17, 15) is 4.79 Å². The van der Waals surface area contributed by atoms with Gasteiger partial charge in [0.1, 0.15) is 5.75 Å². The van der Waals surface area contributed by atoms with Crippen LogP contribution < -0.4 is 4.74 Å². The molecule has 19 heavy (non-hydrogen) atoms. The number of hydrogen-bond acceptors (Lipinski definition) is 3. The van der Waals surface area contributed by atoms with E-state index < -0.39 is 5.97 Å². The van der Waals surface area contributed by atoms with E-state index in [1.54, 1.807) is 49.4 Å². The van der Waals surface area contributed by atoms with Gasteiger partial charge in [-0.3, -0.25) is 0 Å². The van der Waals surface area contributed by atoms with Crippen LogP contribution >= 0.6 is 0 Å². The van der Waals surface area contributed by atoms with Crippen molar-refractivity contribution in [2.45, 2.75) is 12.8 Å². The first-order valence-electron chi connectivity index (χ1n) is 5.97. The molecule has 94 valence electrons. The molecule has 2 rings (SSSR count). The Morgan fingerprint density at radius 2 is 1.89 bits per heavy atom. The molecule has 0 aromatic heterocycles. The zero-order valence-electron chi connectivity index (χ0n) is 10.5. The molecule has 0 bridgehead atoms. The number of rotatable bonds is 3. The summed E-state index contributed by atoms with van der Waals surface area (Å²) in [5.74, 6) is -0.175. The van der Waals surface area contributed by atoms with E-state index in [-0.39, 0.29) is 5.92 Å². The molecule has 0 saturated carbocycles. The molecule has 0 fully saturated rings. The second-order valence-corrected chi connectivity index (χ2v) is 4.18. The molecule has 1 unspecified atom stereocenters. The molecule has 0 N–H and O–H groups in total. The minimum Gasteiger partial charge on any atom is -0.423 e. The Morgan fingerprint density at radius 3 is 2.58 bits per heavy atom. The lowest BCUT2D eigenvalue weighted by molar-refractivity contribution is 0.0734. The van der Waals surface area contributed by atoms with Gasteiger partial charge in [-0.1, -0.05) is 30.3 Å². The van der Waals surface area contributed by atoms with Crippen molar-refractivity contribution in [2.24, 2.45) is 0 Å². The van der Waals surface area contributed by atoms with E-state index in [1.807, 2.05) is 12.1 Å². The van der Waals surface area contributed by atoms with Crippen molar-refractivity contribution in [2.75, 3.05) is 0 Å². The van der Waals surface area contributed by atoms with Crippen LogP contribution in [0, 0.1) is 11.3 Å². The van der Waals surface area contributed by atoms with E-state index in [0.29, 0.717) is 11.3 Å². The predicted molar refractivity (Wildman–Crippen MR) is 71.9 cm³/mol. The molecular weight excluding hydrogens is 238 g/mol. The maximum Gasteiger partial charge on any atom is 0.343 e. The molecule has 0 aliphatic rings. The Balaban J connectivity index is 2.16. The van der Waals surface area contributed by atoms with Crippen LogP contribution in [0.15, 0.2) is 54.6 Å². The van der Waals surface area contributed by atoms with Crippen LogP contribution in [-0.4, -0.2) is 5.97 Å². The molecule has 0 heterocycles. The van der Waals surface area contributed by atoms with Crippen molar-refractivity contribution in [3.63, 3.8) is 0 Å². The summed E-state index contributed by atoms with van der Waals surface area (Å²) in [7, 11) is 0. The van der Waals surface area contributed by atoms with E-state index in [1.165, 1.54) is 0 Å². The van der Waals surface area contributed by atoms with Gasteiger partial charge in [-0.15, -0.1) is 0 Å². The quantitative estimate of drug-likeness (QED) is 0.619. The number of carbonyl (C=O) groups is 1. The number of ether oxygens (including phenoxy) is 1. The van der Waals surface area contributed by atoms with Crippen LogP contribution in [0.2, 0.25) is 0 Å². The smallest absolute Gasteiger partial charge is 0.343 e. The minimum atomic E-state index is -0.401. The van der Waals surface area contributed by atoms with Gasteiger partial charge in [-0.05, 0) is 36.8 Å². The molecule has 0 spiro atoms. The average molecular weight is 251 g/mol. The highest BCUT2D eigenvalue weighted by molar-refractivity contribution is 5.90. The number of nitrogens with zero attached hydrogens (tertiary/aromatic N) is 1. The lowest BCUT2D eigenvalue weighted by atomic mass is 10.0. The maximum absolute atomic E-state index is 11.9. The fourth-order valence-corrected chi connectivity index (χ4v) is 1.66. The second kappa shape index (κ2) is 5.83. The molecule has 0 aliphatic heterocycles. The number of benzene rings is 2. The normalized spacial score (nSPS) is 11.4. The molecule has 0 amide bonds. The monoisotopic (exact) mass is 251 g/mol. The highest BCUT2D eigenvalue weighted by atomic mass is 16.5. The summed E-state index contributed by atoms with van der Waals surface area (Å²) < 4.78 is 5.29. The third-order valence-corrected chi connectivity index (χ3v) is 2.77. The van der Waals surface area contributed by atoms with Gasteiger partial charge in [0.15, 0.2) is 0 Å². The lowest BCUT2D eigenvalue weighted by Gasteiger charge is -2.07. The number of esters is 1. The highest BCUT2D eigenvalue weighted by Gasteiger charge is 2.09. The molecular formula is C16H13NO2. The van der Waals surface area contributed by atoms with Crippen molar-refractivity contribution < 1.29 is 9.53 Å². The van der Waals surface area contributed by atoms with Crippen molar-refractivity contribution in [1.29, 1.82) is 5.26 Å². The Bertz CT molecular complexity index is 614. The first-order chi connectivity index (χ1) is 9.20. The van der Waals surface area contributed by atoms with E-state index in [2.05, 4.69) is 6.07 Å². The molecule has 3 heteroatoms. The van der Waals surface area contributed by atoms with Gasteiger partial charge < -0.3 is 4.74 Å². The first-order valence-corrected chi connectivity index (χ1v) is 5.97. The number of nitriles is 1. The van der Waals surface area contributed by atoms with Gasteiger partial charge in [0.05, 0.1) is 17.6 Å². The van der Waals surface area contributed by atoms with Gasteiger partial charge in [0, 0.05) is 0 Å². The van der Waals surface area contributed by atoms with Crippen molar-refractivity contribution in [3.05, 3.63) is 65.7 Å². The molecule has 3 nitrogen and oxygen atoms in total. The Hall–Kier alpha value is -2.60. The molecule has 1 atom stereocenters. The van der Waals surface area contributed by atoms with Crippen LogP contribution in [-0.2, 0) is 0 Å². The summed E-state index contributed by atoms with van der Waals surface area (Å²) in [4.78, 5) is 11.9. The van der Waals surface area contributed by atoms with Gasteiger partial charge in [-0.2, -0.15) is 5.26 Å². The highest BCUT2D eigenvalue weighted by Crippen LogP contribution is 2.20. The first kappa shape index (κ1) is 12.8. The van der Waals surface area contributed by atoms with Gasteiger partial charge in [0.2, 0.25) is 0 Å². The van der Waals surface area contributed by atoms with Crippen LogP contribution in [0.1, 0.15) is 28.8 Å². The molecule has 2 aromatic carbocycles. The van der Waals surface area contributed by atoms with Crippen molar-refractivity contribution >= 4 is 5.97 Å². The fraction of sp³-hybridized carbons (Fsp3) is 0.125. The standard InChI is InChI=1S/C16H13NO2/c1-12(11-17)14-8-5-9-15(10-14)19-16(18)13-6-3-2-4-7-13/h2-10,12H,1H3. The van der Waals surface area contributed by atoms with Crippen LogP contribution in [0.4, 0.5) is 0 Å². The molecule has 2 aromatic rings. The topological polar surface area (TPSA) is 50.1 Å². The van der Waals surface area contributed by atoms with Crippen LogP contribution in [0.5, 0.6) is 5.75 Å². The summed E-state index contributed by atoms with van der Waals surface area (Å²) in [5, 5.41) is 8.88. The van der Waals surface area contributed by atoms with E-state index in [4.69, 9.17) is 10.00 Å². The summed E-state index contributed by atoms with van der Waals surface area (Å²) in [6, 6.07) is 18.0. The van der Waals surface area contributed by atoms with Crippen LogP contribution in [0.25, 0.3) is 0 Å². The summed E-state index contributed by atoms with van der Waals surface area (Å²) in [5.41, 5.74) is 1.34. The van der Waals surface area contributed by atoms with Crippen molar-refractivity contribution in [1.82, 2.24) is 0 Å². The number of carbonyl (C=O) groups excluding carboxylic acids is 1. The Labute approximate surface area is 112 Å². The third-order valence-electron chi connectivity index (χ3n) is 2.77. The van der Waals surface area contributed by atoms with Gasteiger partial charge in [0.25, 0.3) is 0 Å². The van der Waals surface area contributed by atoms with E-state index in [0.717, 1.165) is 5.56 Å². The average Bonchev–Trinajstić information content (AvgIpc) is 2.47. The van der Waals surface area contributed by atoms with Gasteiger partial charge in [-0.25, -0.2) is 4.79 Å². The third kappa shape index (κ3) is 3.20. The lowest BCUT2D eigenvalue weighted by Crippen LogP contribution is -2.08. The molecule has 0 radical (unpaired) electrons. The maximum atomic E-state index is 11.9. The number of hydrogen-bond donors (Lipinski definition) is 0. The second-order valence-electron chi connectivity index (χ2n) is 4.18. The summed E-state index contributed by atoms with van der Waals surface area (Å²) in [6.45, 7) is 1.80. The summed E-state index contributed by atoms with van der Waals surface area (Å²) in [6.07, 6.45) is 0. The zero-order chi connectivity index (χ0) is 13.7. The molecule has 0 saturated heterocycles. The summed E-state index contributed by atoms with van der Waals surface area (Å²) >= 11 is 0. The van der Waals surface area contributed by atoms with Crippen LogP contribution in [0.3, 0.4) is 0 Å². The largest absolute Gasteiger partial charge is 0.423 e.